The van der Waals surface area contributed by atoms with Gasteiger partial charge >= 0.3 is 0 Å². The molecular formula is C10H11FN2O2S. The van der Waals surface area contributed by atoms with Crippen LogP contribution in [0.4, 0.5) is 10.1 Å². The number of rotatable bonds is 3. The van der Waals surface area contributed by atoms with Crippen molar-refractivity contribution in [3.05, 3.63) is 59.4 Å². The van der Waals surface area contributed by atoms with E-state index >= 15 is 0 Å². The Labute approximate surface area is 96.9 Å². The number of benzene rings is 1. The minimum Gasteiger partial charge on any atom is -0.274 e. The average molecular weight is 242 g/mol. The molecule has 4 nitrogen and oxygen atoms in total. The number of hydrogen-bond donors (Lipinski definition) is 1. The Kier molecular flexibility index (Phi) is 6.82. The SMILES string of the molecule is C=CC(=C)F.NSc1ccc([N+](=O)[O-])cc1. The maximum atomic E-state index is 11.1. The van der Waals surface area contributed by atoms with Crippen molar-refractivity contribution in [2.75, 3.05) is 0 Å². The monoisotopic (exact) mass is 242 g/mol. The van der Waals surface area contributed by atoms with E-state index in [4.69, 9.17) is 5.14 Å². The molecule has 86 valence electrons. The standard InChI is InChI=1S/C6H6N2O2S.C4H5F/c7-11-6-3-1-5(2-4-6)8(9)10;1-3-4(2)5/h1-4H,7H2;3H,1-2H2. The summed E-state index contributed by atoms with van der Waals surface area (Å²) in [4.78, 5) is 10.5. The molecule has 0 aliphatic heterocycles. The highest BCUT2D eigenvalue weighted by Gasteiger charge is 2.02. The summed E-state index contributed by atoms with van der Waals surface area (Å²) in [6.45, 7) is 5.97. The Morgan fingerprint density at radius 1 is 1.50 bits per heavy atom. The van der Waals surface area contributed by atoms with Crippen molar-refractivity contribution in [3.63, 3.8) is 0 Å². The fourth-order valence-corrected chi connectivity index (χ4v) is 0.940. The summed E-state index contributed by atoms with van der Waals surface area (Å²) in [7, 11) is 0. The zero-order valence-corrected chi connectivity index (χ0v) is 9.24. The second-order valence-electron chi connectivity index (χ2n) is 2.52. The predicted molar refractivity (Wildman–Crippen MR) is 63.6 cm³/mol. The molecule has 0 fully saturated rings. The molecular weight excluding hydrogens is 231 g/mol. The van der Waals surface area contributed by atoms with Crippen molar-refractivity contribution in [1.29, 1.82) is 0 Å². The van der Waals surface area contributed by atoms with Crippen LogP contribution in [0.15, 0.2) is 54.2 Å². The van der Waals surface area contributed by atoms with Crippen molar-refractivity contribution >= 4 is 17.6 Å². The van der Waals surface area contributed by atoms with Crippen LogP contribution in [0.1, 0.15) is 0 Å². The van der Waals surface area contributed by atoms with Crippen molar-refractivity contribution < 1.29 is 9.31 Å². The van der Waals surface area contributed by atoms with Gasteiger partial charge in [0.25, 0.3) is 5.69 Å². The first kappa shape index (κ1) is 14.3. The molecule has 0 amide bonds. The van der Waals surface area contributed by atoms with Crippen molar-refractivity contribution in [2.24, 2.45) is 5.14 Å². The van der Waals surface area contributed by atoms with Crippen LogP contribution in [0, 0.1) is 10.1 Å². The van der Waals surface area contributed by atoms with Gasteiger partial charge < -0.3 is 0 Å². The van der Waals surface area contributed by atoms with Gasteiger partial charge in [-0.2, -0.15) is 0 Å². The first-order valence-corrected chi connectivity index (χ1v) is 4.97. The summed E-state index contributed by atoms with van der Waals surface area (Å²) in [5, 5.41) is 15.4. The Morgan fingerprint density at radius 3 is 2.19 bits per heavy atom. The highest BCUT2D eigenvalue weighted by molar-refractivity contribution is 7.97. The molecule has 1 aromatic carbocycles. The molecule has 0 atom stereocenters. The number of nitro benzene ring substituents is 1. The normalized spacial score (nSPS) is 8.62. The molecule has 1 rings (SSSR count). The molecule has 0 bridgehead atoms. The molecule has 0 aliphatic rings. The van der Waals surface area contributed by atoms with Crippen LogP contribution in [-0.2, 0) is 0 Å². The van der Waals surface area contributed by atoms with Gasteiger partial charge in [0.15, 0.2) is 0 Å². The fourth-order valence-electron chi connectivity index (χ4n) is 0.646. The van der Waals surface area contributed by atoms with Gasteiger partial charge in [0.2, 0.25) is 0 Å². The Balaban J connectivity index is 0.000000385. The van der Waals surface area contributed by atoms with Gasteiger partial charge in [-0.15, -0.1) is 0 Å². The van der Waals surface area contributed by atoms with E-state index in [1.165, 1.54) is 12.1 Å². The highest BCUT2D eigenvalue weighted by atomic mass is 32.2. The minimum absolute atomic E-state index is 0.0859. The van der Waals surface area contributed by atoms with E-state index in [-0.39, 0.29) is 5.69 Å². The van der Waals surface area contributed by atoms with Crippen LogP contribution in [0.2, 0.25) is 0 Å². The average Bonchev–Trinajstić information content (AvgIpc) is 2.29. The van der Waals surface area contributed by atoms with E-state index in [1.54, 1.807) is 12.1 Å². The van der Waals surface area contributed by atoms with E-state index in [2.05, 4.69) is 13.2 Å². The summed E-state index contributed by atoms with van der Waals surface area (Å²) in [5.41, 5.74) is 0.0859. The van der Waals surface area contributed by atoms with Gasteiger partial charge in [-0.05, 0) is 30.2 Å². The first-order chi connectivity index (χ1) is 7.51. The lowest BCUT2D eigenvalue weighted by Crippen LogP contribution is -1.87. The molecule has 6 heteroatoms. The minimum atomic E-state index is -0.481. The molecule has 0 saturated heterocycles. The van der Waals surface area contributed by atoms with Crippen LogP contribution >= 0.6 is 11.9 Å². The number of nitrogens with two attached hydrogens (primary N) is 1. The zero-order valence-electron chi connectivity index (χ0n) is 8.43. The van der Waals surface area contributed by atoms with E-state index in [0.717, 1.165) is 22.9 Å². The van der Waals surface area contributed by atoms with Gasteiger partial charge in [-0.25, -0.2) is 4.39 Å². The van der Waals surface area contributed by atoms with Gasteiger partial charge in [0.05, 0.1) is 4.92 Å². The second kappa shape index (κ2) is 7.61. The van der Waals surface area contributed by atoms with Crippen LogP contribution < -0.4 is 5.14 Å². The van der Waals surface area contributed by atoms with E-state index in [0.29, 0.717) is 0 Å². The predicted octanol–water partition coefficient (Wildman–Crippen LogP) is 3.22. The van der Waals surface area contributed by atoms with Gasteiger partial charge in [-0.3, -0.25) is 15.3 Å². The molecule has 0 heterocycles. The van der Waals surface area contributed by atoms with Crippen molar-refractivity contribution in [2.45, 2.75) is 4.90 Å². The summed E-state index contributed by atoms with van der Waals surface area (Å²) in [6.07, 6.45) is 1.06. The number of allylic oxidation sites excluding steroid dienone is 2. The maximum Gasteiger partial charge on any atom is 0.269 e. The van der Waals surface area contributed by atoms with Crippen LogP contribution in [0.3, 0.4) is 0 Å². The molecule has 0 saturated carbocycles. The smallest absolute Gasteiger partial charge is 0.269 e. The van der Waals surface area contributed by atoms with E-state index in [9.17, 15) is 14.5 Å². The van der Waals surface area contributed by atoms with Gasteiger partial charge in [0, 0.05) is 17.0 Å². The Hall–Kier alpha value is -1.66. The number of halogens is 1. The lowest BCUT2D eigenvalue weighted by Gasteiger charge is -1.93. The van der Waals surface area contributed by atoms with Crippen molar-refractivity contribution in [1.82, 2.24) is 0 Å². The van der Waals surface area contributed by atoms with Crippen LogP contribution in [-0.4, -0.2) is 4.92 Å². The summed E-state index contributed by atoms with van der Waals surface area (Å²) >= 11 is 1.07. The molecule has 2 N–H and O–H groups in total. The number of nitrogens with zero attached hydrogens (tertiary/aromatic N) is 1. The lowest BCUT2D eigenvalue weighted by atomic mass is 10.3. The quantitative estimate of drug-likeness (QED) is 0.382. The first-order valence-electron chi connectivity index (χ1n) is 4.09. The summed E-state index contributed by atoms with van der Waals surface area (Å²) < 4.78 is 11.1. The number of nitro groups is 1. The van der Waals surface area contributed by atoms with E-state index in [1.807, 2.05) is 0 Å². The topological polar surface area (TPSA) is 69.2 Å². The number of hydrogen-bond acceptors (Lipinski definition) is 4. The van der Waals surface area contributed by atoms with Gasteiger partial charge in [0.1, 0.15) is 5.83 Å². The molecule has 0 unspecified atom stereocenters. The summed E-state index contributed by atoms with van der Waals surface area (Å²) in [6, 6.07) is 6.08. The Morgan fingerprint density at radius 2 is 1.94 bits per heavy atom. The van der Waals surface area contributed by atoms with Gasteiger partial charge in [-0.1, -0.05) is 13.2 Å². The van der Waals surface area contributed by atoms with Crippen molar-refractivity contribution in [3.8, 4) is 0 Å². The summed E-state index contributed by atoms with van der Waals surface area (Å²) in [5.74, 6) is -0.481. The molecule has 0 radical (unpaired) electrons. The molecule has 0 aliphatic carbocycles. The third kappa shape index (κ3) is 5.94. The second-order valence-corrected chi connectivity index (χ2v) is 3.23. The molecule has 0 aromatic heterocycles. The lowest BCUT2D eigenvalue weighted by molar-refractivity contribution is -0.384. The Bertz CT molecular complexity index is 379. The zero-order chi connectivity index (χ0) is 12.6. The van der Waals surface area contributed by atoms with E-state index < -0.39 is 10.8 Å². The van der Waals surface area contributed by atoms with Crippen LogP contribution in [0.5, 0.6) is 0 Å². The molecule has 1 aromatic rings. The maximum absolute atomic E-state index is 11.1. The largest absolute Gasteiger partial charge is 0.274 e. The molecule has 0 spiro atoms. The van der Waals surface area contributed by atoms with Crippen LogP contribution in [0.25, 0.3) is 0 Å². The number of non-ortho nitro benzene ring substituents is 1. The third-order valence-corrected chi connectivity index (χ3v) is 1.95. The molecule has 16 heavy (non-hydrogen) atoms. The highest BCUT2D eigenvalue weighted by Crippen LogP contribution is 2.16. The fraction of sp³-hybridized carbons (Fsp3) is 0. The third-order valence-electron chi connectivity index (χ3n) is 1.41.